The van der Waals surface area contributed by atoms with Gasteiger partial charge in [-0.2, -0.15) is 0 Å². The Morgan fingerprint density at radius 1 is 1.26 bits per heavy atom. The number of pyridine rings is 1. The number of hydrogen-bond donors (Lipinski definition) is 1. The van der Waals surface area contributed by atoms with Crippen molar-refractivity contribution in [3.05, 3.63) is 35.1 Å². The number of piperidine rings is 1. The Hall–Kier alpha value is -1.51. The molecular formula is C15H20N4O2S2. The summed E-state index contributed by atoms with van der Waals surface area (Å²) in [5.41, 5.74) is 0.908. The van der Waals surface area contributed by atoms with Gasteiger partial charge in [-0.25, -0.2) is 23.1 Å². The van der Waals surface area contributed by atoms with Crippen molar-refractivity contribution in [2.45, 2.75) is 36.9 Å². The first-order valence-electron chi connectivity index (χ1n) is 7.66. The van der Waals surface area contributed by atoms with Gasteiger partial charge in [-0.1, -0.05) is 0 Å². The van der Waals surface area contributed by atoms with Gasteiger partial charge in [-0.05, 0) is 43.9 Å². The molecule has 0 spiro atoms. The highest BCUT2D eigenvalue weighted by Gasteiger charge is 2.17. The normalized spacial score (nSPS) is 15.8. The first-order chi connectivity index (χ1) is 11.0. The first-order valence-corrected chi connectivity index (χ1v) is 9.96. The number of aromatic nitrogens is 2. The van der Waals surface area contributed by atoms with Crippen LogP contribution in [0.25, 0.3) is 0 Å². The average Bonchev–Trinajstić information content (AvgIpc) is 3.02. The van der Waals surface area contributed by atoms with E-state index in [9.17, 15) is 8.42 Å². The maximum Gasteiger partial charge on any atom is 0.251 e. The molecule has 2 aromatic heterocycles. The summed E-state index contributed by atoms with van der Waals surface area (Å²) < 4.78 is 27.4. The maximum absolute atomic E-state index is 12.2. The first kappa shape index (κ1) is 16.4. The zero-order chi connectivity index (χ0) is 16.3. The number of aryl methyl sites for hydroxylation is 1. The molecule has 6 nitrogen and oxygen atoms in total. The van der Waals surface area contributed by atoms with Gasteiger partial charge >= 0.3 is 0 Å². The third-order valence-corrected chi connectivity index (χ3v) is 6.60. The minimum Gasteiger partial charge on any atom is -0.357 e. The summed E-state index contributed by atoms with van der Waals surface area (Å²) in [5, 5.41) is 0.738. The number of anilines is 1. The molecular weight excluding hydrogens is 332 g/mol. The summed E-state index contributed by atoms with van der Waals surface area (Å²) in [4.78, 5) is 10.7. The van der Waals surface area contributed by atoms with Gasteiger partial charge in [-0.3, -0.25) is 0 Å². The van der Waals surface area contributed by atoms with Crippen LogP contribution in [0.3, 0.4) is 0 Å². The second-order valence-corrected chi connectivity index (χ2v) is 8.82. The van der Waals surface area contributed by atoms with Gasteiger partial charge in [0.15, 0.2) is 4.21 Å². The monoisotopic (exact) mass is 352 g/mol. The number of rotatable bonds is 5. The molecule has 0 atom stereocenters. The Bertz CT molecular complexity index is 767. The van der Waals surface area contributed by atoms with Crippen molar-refractivity contribution >= 4 is 27.2 Å². The van der Waals surface area contributed by atoms with Crippen LogP contribution in [0.5, 0.6) is 0 Å². The van der Waals surface area contributed by atoms with E-state index in [0.717, 1.165) is 29.5 Å². The topological polar surface area (TPSA) is 75.2 Å². The van der Waals surface area contributed by atoms with Crippen LogP contribution in [0.1, 0.15) is 29.8 Å². The predicted octanol–water partition coefficient (Wildman–Crippen LogP) is 2.32. The van der Waals surface area contributed by atoms with Crippen LogP contribution in [0, 0.1) is 6.92 Å². The van der Waals surface area contributed by atoms with E-state index in [1.807, 2.05) is 12.1 Å². The lowest BCUT2D eigenvalue weighted by Crippen LogP contribution is -2.30. The molecule has 8 heteroatoms. The Balaban J connectivity index is 1.68. The molecule has 1 aliphatic rings. The fraction of sp³-hybridized carbons (Fsp3) is 0.467. The SMILES string of the molecule is Cc1ncc(S(=O)(=O)NCc2ccnc(N3CCCCC3)c2)s1. The highest BCUT2D eigenvalue weighted by atomic mass is 32.2. The Kier molecular flexibility index (Phi) is 4.93. The quantitative estimate of drug-likeness (QED) is 0.894. The van der Waals surface area contributed by atoms with Crippen molar-refractivity contribution in [1.29, 1.82) is 0 Å². The molecule has 0 radical (unpaired) electrons. The maximum atomic E-state index is 12.2. The molecule has 0 aromatic carbocycles. The summed E-state index contributed by atoms with van der Waals surface area (Å²) in [6, 6.07) is 3.81. The fourth-order valence-corrected chi connectivity index (χ4v) is 4.75. The largest absolute Gasteiger partial charge is 0.357 e. The van der Waals surface area contributed by atoms with Gasteiger partial charge in [0.05, 0.1) is 11.2 Å². The van der Waals surface area contributed by atoms with Crippen LogP contribution in [-0.2, 0) is 16.6 Å². The lowest BCUT2D eigenvalue weighted by atomic mass is 10.1. The molecule has 0 aliphatic carbocycles. The van der Waals surface area contributed by atoms with Gasteiger partial charge < -0.3 is 4.90 Å². The second kappa shape index (κ2) is 6.94. The minimum absolute atomic E-state index is 0.250. The summed E-state index contributed by atoms with van der Waals surface area (Å²) in [7, 11) is -3.50. The Labute approximate surface area is 140 Å². The minimum atomic E-state index is -3.50. The molecule has 0 unspecified atom stereocenters. The third-order valence-electron chi connectivity index (χ3n) is 3.82. The lowest BCUT2D eigenvalue weighted by Gasteiger charge is -2.27. The summed E-state index contributed by atoms with van der Waals surface area (Å²) in [6.45, 7) is 4.07. The van der Waals surface area contributed by atoms with Crippen molar-refractivity contribution in [3.63, 3.8) is 0 Å². The van der Waals surface area contributed by atoms with Gasteiger partial charge in [0.2, 0.25) is 0 Å². The Morgan fingerprint density at radius 3 is 2.74 bits per heavy atom. The molecule has 1 saturated heterocycles. The van der Waals surface area contributed by atoms with Gasteiger partial charge in [0, 0.05) is 25.8 Å². The molecule has 1 fully saturated rings. The standard InChI is InChI=1S/C15H20N4O2S2/c1-12-17-11-15(22-12)23(20,21)18-10-13-5-6-16-14(9-13)19-7-3-2-4-8-19/h5-6,9,11,18H,2-4,7-8,10H2,1H3. The molecule has 3 heterocycles. The number of thiazole rings is 1. The summed E-state index contributed by atoms with van der Waals surface area (Å²) in [5.74, 6) is 0.926. The van der Waals surface area contributed by atoms with Crippen molar-refractivity contribution in [3.8, 4) is 0 Å². The third kappa shape index (κ3) is 4.07. The van der Waals surface area contributed by atoms with Gasteiger partial charge in [0.1, 0.15) is 5.82 Å². The molecule has 2 aromatic rings. The second-order valence-electron chi connectivity index (χ2n) is 5.59. The van der Waals surface area contributed by atoms with Gasteiger partial charge in [-0.15, -0.1) is 11.3 Å². The van der Waals surface area contributed by atoms with Crippen LogP contribution in [0.15, 0.2) is 28.7 Å². The summed E-state index contributed by atoms with van der Waals surface area (Å²) >= 11 is 1.17. The highest BCUT2D eigenvalue weighted by Crippen LogP contribution is 2.20. The molecule has 0 bridgehead atoms. The van der Waals surface area contributed by atoms with Crippen LogP contribution in [-0.4, -0.2) is 31.5 Å². The number of hydrogen-bond acceptors (Lipinski definition) is 6. The Morgan fingerprint density at radius 2 is 2.04 bits per heavy atom. The van der Waals surface area contributed by atoms with E-state index >= 15 is 0 Å². The van der Waals surface area contributed by atoms with E-state index in [1.54, 1.807) is 13.1 Å². The van der Waals surface area contributed by atoms with Crippen LogP contribution in [0.2, 0.25) is 0 Å². The zero-order valence-electron chi connectivity index (χ0n) is 13.0. The van der Waals surface area contributed by atoms with Crippen molar-refractivity contribution < 1.29 is 8.42 Å². The van der Waals surface area contributed by atoms with E-state index in [0.29, 0.717) is 0 Å². The van der Waals surface area contributed by atoms with E-state index in [1.165, 1.54) is 36.8 Å². The summed E-state index contributed by atoms with van der Waals surface area (Å²) in [6.07, 6.45) is 6.77. The van der Waals surface area contributed by atoms with E-state index in [4.69, 9.17) is 0 Å². The predicted molar refractivity (Wildman–Crippen MR) is 91.2 cm³/mol. The van der Waals surface area contributed by atoms with Gasteiger partial charge in [0.25, 0.3) is 10.0 Å². The molecule has 1 aliphatic heterocycles. The van der Waals surface area contributed by atoms with Crippen LogP contribution < -0.4 is 9.62 Å². The van der Waals surface area contributed by atoms with Crippen LogP contribution >= 0.6 is 11.3 Å². The number of sulfonamides is 1. The smallest absolute Gasteiger partial charge is 0.251 e. The molecule has 0 saturated carbocycles. The molecule has 1 N–H and O–H groups in total. The van der Waals surface area contributed by atoms with E-state index < -0.39 is 10.0 Å². The van der Waals surface area contributed by atoms with Crippen molar-refractivity contribution in [2.75, 3.05) is 18.0 Å². The molecule has 0 amide bonds. The zero-order valence-corrected chi connectivity index (χ0v) is 14.7. The lowest BCUT2D eigenvalue weighted by molar-refractivity contribution is 0.572. The van der Waals surface area contributed by atoms with E-state index in [-0.39, 0.29) is 10.8 Å². The number of nitrogens with zero attached hydrogens (tertiary/aromatic N) is 3. The van der Waals surface area contributed by atoms with Crippen LogP contribution in [0.4, 0.5) is 5.82 Å². The van der Waals surface area contributed by atoms with Crippen molar-refractivity contribution in [2.24, 2.45) is 0 Å². The highest BCUT2D eigenvalue weighted by molar-refractivity contribution is 7.91. The number of nitrogens with one attached hydrogen (secondary N) is 1. The van der Waals surface area contributed by atoms with Crippen molar-refractivity contribution in [1.82, 2.24) is 14.7 Å². The molecule has 124 valence electrons. The average molecular weight is 352 g/mol. The van der Waals surface area contributed by atoms with E-state index in [2.05, 4.69) is 19.6 Å². The molecule has 23 heavy (non-hydrogen) atoms. The molecule has 3 rings (SSSR count). The fourth-order valence-electron chi connectivity index (χ4n) is 2.58.